The van der Waals surface area contributed by atoms with Crippen molar-refractivity contribution in [3.05, 3.63) is 58.9 Å². The van der Waals surface area contributed by atoms with Crippen LogP contribution in [0.3, 0.4) is 0 Å². The predicted octanol–water partition coefficient (Wildman–Crippen LogP) is 3.05. The molecule has 1 aliphatic rings. The first-order chi connectivity index (χ1) is 12.6. The Morgan fingerprint density at radius 1 is 1.12 bits per heavy atom. The van der Waals surface area contributed by atoms with E-state index in [1.165, 1.54) is 5.69 Å². The highest BCUT2D eigenvalue weighted by molar-refractivity contribution is 5.58. The summed E-state index contributed by atoms with van der Waals surface area (Å²) in [6, 6.07) is 9.99. The normalized spacial score (nSPS) is 14.3. The van der Waals surface area contributed by atoms with Crippen LogP contribution in [-0.2, 0) is 19.5 Å². The van der Waals surface area contributed by atoms with Gasteiger partial charge in [0, 0.05) is 36.5 Å². The number of aromatic nitrogens is 4. The van der Waals surface area contributed by atoms with E-state index in [-0.39, 0.29) is 0 Å². The number of rotatable bonds is 4. The first-order valence-electron chi connectivity index (χ1n) is 8.86. The van der Waals surface area contributed by atoms with Crippen molar-refractivity contribution in [3.63, 3.8) is 0 Å². The Hall–Kier alpha value is -2.73. The molecule has 0 saturated heterocycles. The second-order valence-electron chi connectivity index (χ2n) is 6.77. The van der Waals surface area contributed by atoms with Gasteiger partial charge < -0.3 is 9.72 Å². The molecular formula is C20H23N5O. The second-order valence-corrected chi connectivity index (χ2v) is 6.77. The lowest BCUT2D eigenvalue weighted by Gasteiger charge is -2.25. The van der Waals surface area contributed by atoms with Crippen LogP contribution in [0.25, 0.3) is 11.4 Å². The van der Waals surface area contributed by atoms with Crippen molar-refractivity contribution < 1.29 is 4.74 Å². The molecule has 0 atom stereocenters. The molecular weight excluding hydrogens is 326 g/mol. The zero-order valence-electron chi connectivity index (χ0n) is 15.4. The number of ether oxygens (including phenoxy) is 1. The summed E-state index contributed by atoms with van der Waals surface area (Å²) in [5.41, 5.74) is 5.42. The fraction of sp³-hybridized carbons (Fsp3) is 0.350. The minimum atomic E-state index is 0.759. The molecule has 4 rings (SSSR count). The molecule has 1 N–H and O–H groups in total. The number of hydrogen-bond donors (Lipinski definition) is 1. The van der Waals surface area contributed by atoms with Crippen LogP contribution in [0.15, 0.2) is 30.3 Å². The molecule has 1 aromatic carbocycles. The highest BCUT2D eigenvalue weighted by Gasteiger charge is 2.21. The van der Waals surface area contributed by atoms with Gasteiger partial charge in [0.15, 0.2) is 0 Å². The molecule has 0 spiro atoms. The Labute approximate surface area is 153 Å². The number of imidazole rings is 1. The fourth-order valence-corrected chi connectivity index (χ4v) is 3.46. The van der Waals surface area contributed by atoms with Crippen LogP contribution < -0.4 is 4.74 Å². The van der Waals surface area contributed by atoms with Crippen molar-refractivity contribution >= 4 is 0 Å². The van der Waals surface area contributed by atoms with E-state index in [0.717, 1.165) is 66.1 Å². The molecule has 6 heteroatoms. The minimum Gasteiger partial charge on any atom is -0.497 e. The van der Waals surface area contributed by atoms with Crippen molar-refractivity contribution in [2.24, 2.45) is 0 Å². The summed E-state index contributed by atoms with van der Waals surface area (Å²) in [6.45, 7) is 6.59. The Balaban J connectivity index is 1.53. The summed E-state index contributed by atoms with van der Waals surface area (Å²) in [6.07, 6.45) is 0.931. The molecule has 0 aliphatic carbocycles. The maximum absolute atomic E-state index is 5.32. The molecule has 3 aromatic rings. The summed E-state index contributed by atoms with van der Waals surface area (Å²) in [5, 5.41) is 0. The van der Waals surface area contributed by atoms with E-state index in [4.69, 9.17) is 9.72 Å². The zero-order valence-corrected chi connectivity index (χ0v) is 15.4. The summed E-state index contributed by atoms with van der Waals surface area (Å²) >= 11 is 0. The summed E-state index contributed by atoms with van der Waals surface area (Å²) in [7, 11) is 1.68. The van der Waals surface area contributed by atoms with Gasteiger partial charge in [0.1, 0.15) is 17.4 Å². The highest BCUT2D eigenvalue weighted by Crippen LogP contribution is 2.25. The maximum atomic E-state index is 5.32. The Kier molecular flexibility index (Phi) is 4.42. The molecule has 0 unspecified atom stereocenters. The number of methoxy groups -OCH3 is 1. The van der Waals surface area contributed by atoms with Crippen molar-refractivity contribution in [1.82, 2.24) is 24.8 Å². The van der Waals surface area contributed by atoms with Crippen LogP contribution >= 0.6 is 0 Å². The molecule has 2 aromatic heterocycles. The number of nitrogens with one attached hydrogen (secondary N) is 1. The van der Waals surface area contributed by atoms with Crippen LogP contribution in [-0.4, -0.2) is 38.5 Å². The number of nitrogens with zero attached hydrogens (tertiary/aromatic N) is 4. The van der Waals surface area contributed by atoms with Gasteiger partial charge in [-0.1, -0.05) is 12.1 Å². The number of hydrogen-bond acceptors (Lipinski definition) is 5. The van der Waals surface area contributed by atoms with Gasteiger partial charge in [0.2, 0.25) is 0 Å². The van der Waals surface area contributed by atoms with Gasteiger partial charge in [-0.3, -0.25) is 4.90 Å². The molecule has 134 valence electrons. The predicted molar refractivity (Wildman–Crippen MR) is 99.9 cm³/mol. The van der Waals surface area contributed by atoms with Crippen LogP contribution in [0.4, 0.5) is 0 Å². The molecule has 0 saturated carbocycles. The number of fused-ring (bicyclic) bond motifs is 1. The van der Waals surface area contributed by atoms with E-state index in [0.29, 0.717) is 0 Å². The lowest BCUT2D eigenvalue weighted by Crippen LogP contribution is -2.31. The lowest BCUT2D eigenvalue weighted by atomic mass is 10.1. The SMILES string of the molecule is COc1cccc(-c2nc3c([nH]2)CN(Cc2nc(C)cc(C)n2)CC3)c1. The van der Waals surface area contributed by atoms with Crippen molar-refractivity contribution in [1.29, 1.82) is 0 Å². The molecule has 1 aliphatic heterocycles. The zero-order chi connectivity index (χ0) is 18.1. The first-order valence-corrected chi connectivity index (χ1v) is 8.86. The van der Waals surface area contributed by atoms with Gasteiger partial charge in [0.05, 0.1) is 25.0 Å². The molecule has 26 heavy (non-hydrogen) atoms. The Bertz CT molecular complexity index is 913. The van der Waals surface area contributed by atoms with E-state index in [1.807, 2.05) is 44.2 Å². The quantitative estimate of drug-likeness (QED) is 0.784. The van der Waals surface area contributed by atoms with Gasteiger partial charge in [0.25, 0.3) is 0 Å². The average Bonchev–Trinajstić information content (AvgIpc) is 3.04. The second kappa shape index (κ2) is 6.88. The third-order valence-corrected chi connectivity index (χ3v) is 4.65. The smallest absolute Gasteiger partial charge is 0.142 e. The number of H-pyrrole nitrogens is 1. The van der Waals surface area contributed by atoms with Gasteiger partial charge in [-0.15, -0.1) is 0 Å². The van der Waals surface area contributed by atoms with Crippen LogP contribution in [0.5, 0.6) is 5.75 Å². The maximum Gasteiger partial charge on any atom is 0.142 e. The monoisotopic (exact) mass is 349 g/mol. The summed E-state index contributed by atoms with van der Waals surface area (Å²) < 4.78 is 5.32. The number of aromatic amines is 1. The van der Waals surface area contributed by atoms with Crippen molar-refractivity contribution in [2.75, 3.05) is 13.7 Å². The third-order valence-electron chi connectivity index (χ3n) is 4.65. The third kappa shape index (κ3) is 3.46. The topological polar surface area (TPSA) is 66.9 Å². The average molecular weight is 349 g/mol. The lowest BCUT2D eigenvalue weighted by molar-refractivity contribution is 0.235. The first kappa shape index (κ1) is 16.7. The Morgan fingerprint density at radius 2 is 1.92 bits per heavy atom. The highest BCUT2D eigenvalue weighted by atomic mass is 16.5. The molecule has 0 bridgehead atoms. The van der Waals surface area contributed by atoms with Gasteiger partial charge >= 0.3 is 0 Å². The van der Waals surface area contributed by atoms with Crippen LogP contribution in [0.2, 0.25) is 0 Å². The van der Waals surface area contributed by atoms with Crippen molar-refractivity contribution in [3.8, 4) is 17.1 Å². The largest absolute Gasteiger partial charge is 0.497 e. The van der Waals surface area contributed by atoms with E-state index in [1.54, 1.807) is 7.11 Å². The fourth-order valence-electron chi connectivity index (χ4n) is 3.46. The van der Waals surface area contributed by atoms with Gasteiger partial charge in [-0.05, 0) is 32.0 Å². The van der Waals surface area contributed by atoms with Crippen molar-refractivity contribution in [2.45, 2.75) is 33.4 Å². The number of benzene rings is 1. The summed E-state index contributed by atoms with van der Waals surface area (Å²) in [5.74, 6) is 2.63. The molecule has 0 amide bonds. The van der Waals surface area contributed by atoms with E-state index >= 15 is 0 Å². The Morgan fingerprint density at radius 3 is 2.69 bits per heavy atom. The van der Waals surface area contributed by atoms with Gasteiger partial charge in [-0.2, -0.15) is 0 Å². The minimum absolute atomic E-state index is 0.759. The van der Waals surface area contributed by atoms with E-state index < -0.39 is 0 Å². The molecule has 3 heterocycles. The van der Waals surface area contributed by atoms with Gasteiger partial charge in [-0.25, -0.2) is 15.0 Å². The molecule has 0 fully saturated rings. The molecule has 6 nitrogen and oxygen atoms in total. The van der Waals surface area contributed by atoms with E-state index in [9.17, 15) is 0 Å². The van der Waals surface area contributed by atoms with Crippen LogP contribution in [0, 0.1) is 13.8 Å². The van der Waals surface area contributed by atoms with E-state index in [2.05, 4.69) is 19.9 Å². The standard InChI is InChI=1S/C20H23N5O/c1-13-9-14(2)22-19(21-13)12-25-8-7-17-18(11-25)24-20(23-17)15-5-4-6-16(10-15)26-3/h4-6,9-10H,7-8,11-12H2,1-3H3,(H,23,24). The van der Waals surface area contributed by atoms with Crippen LogP contribution in [0.1, 0.15) is 28.6 Å². The number of aryl methyl sites for hydroxylation is 2. The molecule has 0 radical (unpaired) electrons. The summed E-state index contributed by atoms with van der Waals surface area (Å²) in [4.78, 5) is 19.8.